The van der Waals surface area contributed by atoms with E-state index in [1.807, 2.05) is 47.9 Å². The van der Waals surface area contributed by atoms with Gasteiger partial charge in [0.1, 0.15) is 5.75 Å². The van der Waals surface area contributed by atoms with Crippen molar-refractivity contribution in [2.75, 3.05) is 11.9 Å². The number of ether oxygens (including phenoxy) is 1. The molecule has 1 aromatic heterocycles. The summed E-state index contributed by atoms with van der Waals surface area (Å²) in [5.74, 6) is 0.693. The minimum Gasteiger partial charge on any atom is -0.494 e. The van der Waals surface area contributed by atoms with Crippen LogP contribution in [0.2, 0.25) is 0 Å². The summed E-state index contributed by atoms with van der Waals surface area (Å²) in [6.07, 6.45) is 5.51. The molecule has 3 nitrogen and oxygen atoms in total. The van der Waals surface area contributed by atoms with Gasteiger partial charge in [0, 0.05) is 16.6 Å². The molecular formula is C17H19NO2S. The molecule has 1 aromatic carbocycles. The number of hydrogen-bond acceptors (Lipinski definition) is 3. The van der Waals surface area contributed by atoms with Crippen molar-refractivity contribution in [2.45, 2.75) is 19.8 Å². The number of anilines is 1. The molecule has 0 aliphatic rings. The number of carbonyl (C=O) groups excluding carboxylic acids is 1. The van der Waals surface area contributed by atoms with Crippen LogP contribution in [-0.4, -0.2) is 12.5 Å². The largest absolute Gasteiger partial charge is 0.494 e. The SMILES string of the molecule is CCCCOc1ccc(NC(=O)/C=C/c2cccs2)cc1. The Morgan fingerprint density at radius 3 is 2.76 bits per heavy atom. The zero-order chi connectivity index (χ0) is 14.9. The zero-order valence-corrected chi connectivity index (χ0v) is 12.9. The van der Waals surface area contributed by atoms with Crippen LogP contribution in [0.1, 0.15) is 24.6 Å². The molecule has 0 saturated heterocycles. The summed E-state index contributed by atoms with van der Waals surface area (Å²) in [5, 5.41) is 4.80. The monoisotopic (exact) mass is 301 g/mol. The van der Waals surface area contributed by atoms with Crippen LogP contribution in [-0.2, 0) is 4.79 Å². The molecule has 0 radical (unpaired) electrons. The average molecular weight is 301 g/mol. The van der Waals surface area contributed by atoms with Crippen molar-refractivity contribution >= 4 is 29.0 Å². The van der Waals surface area contributed by atoms with Crippen LogP contribution in [0, 0.1) is 0 Å². The number of thiophene rings is 1. The molecule has 0 aliphatic carbocycles. The first kappa shape index (κ1) is 15.3. The van der Waals surface area contributed by atoms with E-state index < -0.39 is 0 Å². The number of benzene rings is 1. The summed E-state index contributed by atoms with van der Waals surface area (Å²) in [4.78, 5) is 12.8. The van der Waals surface area contributed by atoms with Crippen LogP contribution in [0.15, 0.2) is 47.9 Å². The molecule has 4 heteroatoms. The first-order valence-corrected chi connectivity index (χ1v) is 7.91. The molecule has 0 aliphatic heterocycles. The van der Waals surface area contributed by atoms with E-state index in [1.165, 1.54) is 6.08 Å². The second-order valence-electron chi connectivity index (χ2n) is 4.56. The summed E-state index contributed by atoms with van der Waals surface area (Å²) in [5.41, 5.74) is 0.763. The van der Waals surface area contributed by atoms with Crippen molar-refractivity contribution in [3.63, 3.8) is 0 Å². The number of hydrogen-bond donors (Lipinski definition) is 1. The lowest BCUT2D eigenvalue weighted by molar-refractivity contribution is -0.111. The first-order valence-electron chi connectivity index (χ1n) is 7.03. The van der Waals surface area contributed by atoms with Gasteiger partial charge in [-0.2, -0.15) is 0 Å². The Labute approximate surface area is 129 Å². The van der Waals surface area contributed by atoms with E-state index in [2.05, 4.69) is 12.2 Å². The highest BCUT2D eigenvalue weighted by Crippen LogP contribution is 2.16. The fourth-order valence-corrected chi connectivity index (χ4v) is 2.31. The van der Waals surface area contributed by atoms with E-state index in [0.29, 0.717) is 0 Å². The molecule has 2 rings (SSSR count). The van der Waals surface area contributed by atoms with Gasteiger partial charge < -0.3 is 10.1 Å². The van der Waals surface area contributed by atoms with Crippen molar-refractivity contribution in [3.8, 4) is 5.75 Å². The van der Waals surface area contributed by atoms with E-state index in [0.717, 1.165) is 35.8 Å². The molecule has 0 spiro atoms. The maximum atomic E-state index is 11.8. The van der Waals surface area contributed by atoms with Gasteiger partial charge in [-0.3, -0.25) is 4.79 Å². The topological polar surface area (TPSA) is 38.3 Å². The smallest absolute Gasteiger partial charge is 0.248 e. The van der Waals surface area contributed by atoms with E-state index >= 15 is 0 Å². The molecule has 0 unspecified atom stereocenters. The molecule has 21 heavy (non-hydrogen) atoms. The third kappa shape index (κ3) is 5.44. The molecule has 1 heterocycles. The molecule has 110 valence electrons. The summed E-state index contributed by atoms with van der Waals surface area (Å²) in [6.45, 7) is 2.86. The number of unbranched alkanes of at least 4 members (excludes halogenated alkanes) is 1. The number of amides is 1. The van der Waals surface area contributed by atoms with Crippen molar-refractivity contribution < 1.29 is 9.53 Å². The molecule has 0 bridgehead atoms. The van der Waals surface area contributed by atoms with Gasteiger partial charge in [-0.25, -0.2) is 0 Å². The summed E-state index contributed by atoms with van der Waals surface area (Å²) in [7, 11) is 0. The van der Waals surface area contributed by atoms with E-state index in [-0.39, 0.29) is 5.91 Å². The Kier molecular flexibility index (Phi) is 6.03. The number of carbonyl (C=O) groups is 1. The highest BCUT2D eigenvalue weighted by molar-refractivity contribution is 7.10. The number of rotatable bonds is 7. The quantitative estimate of drug-likeness (QED) is 0.600. The minimum absolute atomic E-state index is 0.136. The maximum Gasteiger partial charge on any atom is 0.248 e. The predicted octanol–water partition coefficient (Wildman–Crippen LogP) is 4.58. The zero-order valence-electron chi connectivity index (χ0n) is 12.0. The van der Waals surface area contributed by atoms with E-state index in [9.17, 15) is 4.79 Å². The number of nitrogens with one attached hydrogen (secondary N) is 1. The molecule has 2 aromatic rings. The summed E-state index contributed by atoms with van der Waals surface area (Å²) >= 11 is 1.60. The Hall–Kier alpha value is -2.07. The van der Waals surface area contributed by atoms with Crippen molar-refractivity contribution in [3.05, 3.63) is 52.7 Å². The van der Waals surface area contributed by atoms with Crippen LogP contribution < -0.4 is 10.1 Å². The average Bonchev–Trinajstić information content (AvgIpc) is 3.01. The first-order chi connectivity index (χ1) is 10.3. The highest BCUT2D eigenvalue weighted by Gasteiger charge is 1.99. The lowest BCUT2D eigenvalue weighted by Crippen LogP contribution is -2.07. The summed E-state index contributed by atoms with van der Waals surface area (Å²) in [6, 6.07) is 11.4. The van der Waals surface area contributed by atoms with E-state index in [1.54, 1.807) is 11.3 Å². The van der Waals surface area contributed by atoms with Gasteiger partial charge in [0.2, 0.25) is 5.91 Å². The molecule has 1 amide bonds. The normalized spacial score (nSPS) is 10.7. The van der Waals surface area contributed by atoms with Crippen LogP contribution in [0.25, 0.3) is 6.08 Å². The lowest BCUT2D eigenvalue weighted by Gasteiger charge is -2.06. The molecular weight excluding hydrogens is 282 g/mol. The predicted molar refractivity (Wildman–Crippen MR) is 88.8 cm³/mol. The lowest BCUT2D eigenvalue weighted by atomic mass is 10.3. The molecule has 0 fully saturated rings. The minimum atomic E-state index is -0.136. The second kappa shape index (κ2) is 8.27. The van der Waals surface area contributed by atoms with Crippen molar-refractivity contribution in [1.82, 2.24) is 0 Å². The standard InChI is InChI=1S/C17H19NO2S/c1-2-3-12-20-15-8-6-14(7-9-15)18-17(19)11-10-16-5-4-13-21-16/h4-11,13H,2-3,12H2,1H3,(H,18,19)/b11-10+. The van der Waals surface area contributed by atoms with Gasteiger partial charge in [0.25, 0.3) is 0 Å². The van der Waals surface area contributed by atoms with Crippen LogP contribution >= 0.6 is 11.3 Å². The second-order valence-corrected chi connectivity index (χ2v) is 5.54. The Morgan fingerprint density at radius 2 is 2.10 bits per heavy atom. The van der Waals surface area contributed by atoms with Crippen LogP contribution in [0.4, 0.5) is 5.69 Å². The third-order valence-electron chi connectivity index (χ3n) is 2.83. The van der Waals surface area contributed by atoms with Gasteiger partial charge >= 0.3 is 0 Å². The van der Waals surface area contributed by atoms with Crippen LogP contribution in [0.3, 0.4) is 0 Å². The fraction of sp³-hybridized carbons (Fsp3) is 0.235. The van der Waals surface area contributed by atoms with E-state index in [4.69, 9.17) is 4.74 Å². The highest BCUT2D eigenvalue weighted by atomic mass is 32.1. The van der Waals surface area contributed by atoms with Gasteiger partial charge in [-0.05, 0) is 48.2 Å². The van der Waals surface area contributed by atoms with Crippen molar-refractivity contribution in [1.29, 1.82) is 0 Å². The summed E-state index contributed by atoms with van der Waals surface area (Å²) < 4.78 is 5.58. The molecule has 0 saturated carbocycles. The van der Waals surface area contributed by atoms with Crippen LogP contribution in [0.5, 0.6) is 5.75 Å². The fourth-order valence-electron chi connectivity index (χ4n) is 1.70. The maximum absolute atomic E-state index is 11.8. The van der Waals surface area contributed by atoms with Crippen molar-refractivity contribution in [2.24, 2.45) is 0 Å². The molecule has 0 atom stereocenters. The Balaban J connectivity index is 1.83. The van der Waals surface area contributed by atoms with Gasteiger partial charge in [0.15, 0.2) is 0 Å². The Morgan fingerprint density at radius 1 is 1.29 bits per heavy atom. The third-order valence-corrected chi connectivity index (χ3v) is 3.67. The van der Waals surface area contributed by atoms with Gasteiger partial charge in [-0.15, -0.1) is 11.3 Å². The van der Waals surface area contributed by atoms with Gasteiger partial charge in [0.05, 0.1) is 6.61 Å². The molecule has 1 N–H and O–H groups in total. The Bertz CT molecular complexity index is 573. The van der Waals surface area contributed by atoms with Gasteiger partial charge in [-0.1, -0.05) is 19.4 Å².